The molecule has 0 fully saturated rings. The van der Waals surface area contributed by atoms with E-state index in [1.165, 1.54) is 40.2 Å². The van der Waals surface area contributed by atoms with E-state index >= 15 is 0 Å². The molecule has 31 heavy (non-hydrogen) atoms. The number of thioether (sulfide) groups is 1. The van der Waals surface area contributed by atoms with Gasteiger partial charge in [0.1, 0.15) is 10.6 Å². The zero-order chi connectivity index (χ0) is 22.3. The molecule has 0 amide bonds. The van der Waals surface area contributed by atoms with E-state index < -0.39 is 5.82 Å². The fraction of sp³-hybridized carbons (Fsp3) is 0.136. The van der Waals surface area contributed by atoms with E-state index in [4.69, 9.17) is 23.2 Å². The molecule has 0 spiro atoms. The van der Waals surface area contributed by atoms with Crippen LogP contribution < -0.4 is 5.56 Å². The predicted octanol–water partition coefficient (Wildman–Crippen LogP) is 6.48. The molecular formula is C22H15Cl2FN2O2S2. The maximum absolute atomic E-state index is 13.4. The van der Waals surface area contributed by atoms with Gasteiger partial charge in [-0.1, -0.05) is 35.0 Å². The Bertz CT molecular complexity index is 1380. The first-order valence-corrected chi connectivity index (χ1v) is 11.7. The summed E-state index contributed by atoms with van der Waals surface area (Å²) in [6.07, 6.45) is 0. The van der Waals surface area contributed by atoms with Gasteiger partial charge in [-0.2, -0.15) is 0 Å². The molecule has 2 aromatic carbocycles. The number of hydrogen-bond donors (Lipinski definition) is 0. The highest BCUT2D eigenvalue weighted by Crippen LogP contribution is 2.31. The summed E-state index contributed by atoms with van der Waals surface area (Å²) in [6, 6.07) is 10.2. The third-order valence-electron chi connectivity index (χ3n) is 4.83. The van der Waals surface area contributed by atoms with E-state index in [1.807, 2.05) is 13.8 Å². The maximum Gasteiger partial charge on any atom is 0.267 e. The van der Waals surface area contributed by atoms with Gasteiger partial charge in [0.2, 0.25) is 0 Å². The van der Waals surface area contributed by atoms with Crippen LogP contribution in [0.2, 0.25) is 10.0 Å². The van der Waals surface area contributed by atoms with E-state index in [-0.39, 0.29) is 17.1 Å². The lowest BCUT2D eigenvalue weighted by atomic mass is 10.1. The number of hydrogen-bond acceptors (Lipinski definition) is 5. The predicted molar refractivity (Wildman–Crippen MR) is 126 cm³/mol. The molecule has 0 aliphatic rings. The van der Waals surface area contributed by atoms with Crippen LogP contribution in [0, 0.1) is 19.7 Å². The summed E-state index contributed by atoms with van der Waals surface area (Å²) in [4.78, 5) is 32.3. The van der Waals surface area contributed by atoms with Crippen LogP contribution in [-0.2, 0) is 0 Å². The molecule has 0 saturated carbocycles. The number of aromatic nitrogens is 2. The second-order valence-corrected chi connectivity index (χ2v) is 9.78. The van der Waals surface area contributed by atoms with Crippen LogP contribution in [-0.4, -0.2) is 21.1 Å². The molecule has 0 N–H and O–H groups in total. The number of ketones is 1. The fourth-order valence-electron chi connectivity index (χ4n) is 3.07. The number of fused-ring (bicyclic) bond motifs is 1. The van der Waals surface area contributed by atoms with Crippen molar-refractivity contribution in [3.05, 3.63) is 84.7 Å². The third kappa shape index (κ3) is 4.28. The van der Waals surface area contributed by atoms with Gasteiger partial charge in [0.25, 0.3) is 5.56 Å². The molecule has 0 aliphatic heterocycles. The minimum atomic E-state index is -0.409. The molecular weight excluding hydrogens is 478 g/mol. The van der Waals surface area contributed by atoms with Crippen LogP contribution in [0.1, 0.15) is 20.8 Å². The molecule has 0 atom stereocenters. The van der Waals surface area contributed by atoms with Crippen molar-refractivity contribution < 1.29 is 9.18 Å². The van der Waals surface area contributed by atoms with Crippen molar-refractivity contribution in [1.82, 2.24) is 9.55 Å². The van der Waals surface area contributed by atoms with Gasteiger partial charge in [0.05, 0.1) is 26.9 Å². The van der Waals surface area contributed by atoms with Crippen LogP contribution in [0.4, 0.5) is 4.39 Å². The SMILES string of the molecule is Cc1sc2nc(SCC(=O)c3ccc(F)cc3)n(-c3ccc(Cl)c(Cl)c3)c(=O)c2c1C. The average molecular weight is 493 g/mol. The second kappa shape index (κ2) is 8.74. The van der Waals surface area contributed by atoms with Crippen molar-refractivity contribution in [1.29, 1.82) is 0 Å². The van der Waals surface area contributed by atoms with Gasteiger partial charge in [-0.05, 0) is 61.9 Å². The first-order chi connectivity index (χ1) is 14.8. The Morgan fingerprint density at radius 3 is 2.52 bits per heavy atom. The highest BCUT2D eigenvalue weighted by molar-refractivity contribution is 7.99. The van der Waals surface area contributed by atoms with Gasteiger partial charge in [-0.3, -0.25) is 14.2 Å². The van der Waals surface area contributed by atoms with Gasteiger partial charge >= 0.3 is 0 Å². The summed E-state index contributed by atoms with van der Waals surface area (Å²) >= 11 is 14.8. The molecule has 0 bridgehead atoms. The van der Waals surface area contributed by atoms with Crippen molar-refractivity contribution in [2.75, 3.05) is 5.75 Å². The monoisotopic (exact) mass is 492 g/mol. The van der Waals surface area contributed by atoms with Gasteiger partial charge in [-0.25, -0.2) is 9.37 Å². The van der Waals surface area contributed by atoms with E-state index in [1.54, 1.807) is 18.2 Å². The molecule has 4 aromatic rings. The second-order valence-electron chi connectivity index (χ2n) is 6.82. The van der Waals surface area contributed by atoms with Crippen molar-refractivity contribution in [2.24, 2.45) is 0 Å². The van der Waals surface area contributed by atoms with Gasteiger partial charge in [0.15, 0.2) is 10.9 Å². The van der Waals surface area contributed by atoms with E-state index in [9.17, 15) is 14.0 Å². The Morgan fingerprint density at radius 1 is 1.13 bits per heavy atom. The summed E-state index contributed by atoms with van der Waals surface area (Å²) in [5, 5.41) is 1.59. The Morgan fingerprint density at radius 2 is 1.84 bits per heavy atom. The number of rotatable bonds is 5. The zero-order valence-corrected chi connectivity index (χ0v) is 19.6. The highest BCUT2D eigenvalue weighted by Gasteiger charge is 2.19. The molecule has 0 radical (unpaired) electrons. The lowest BCUT2D eigenvalue weighted by Crippen LogP contribution is -2.22. The number of carbonyl (C=O) groups is 1. The average Bonchev–Trinajstić information content (AvgIpc) is 3.02. The number of halogens is 3. The van der Waals surface area contributed by atoms with Crippen LogP contribution in [0.25, 0.3) is 15.9 Å². The molecule has 9 heteroatoms. The lowest BCUT2D eigenvalue weighted by molar-refractivity contribution is 0.102. The Balaban J connectivity index is 1.81. The quantitative estimate of drug-likeness (QED) is 0.181. The van der Waals surface area contributed by atoms with Crippen LogP contribution in [0.15, 0.2) is 52.4 Å². The zero-order valence-electron chi connectivity index (χ0n) is 16.4. The number of nitrogens with zero attached hydrogens (tertiary/aromatic N) is 2. The van der Waals surface area contributed by atoms with Gasteiger partial charge < -0.3 is 0 Å². The van der Waals surface area contributed by atoms with Crippen molar-refractivity contribution >= 4 is 62.3 Å². The molecule has 2 heterocycles. The minimum Gasteiger partial charge on any atom is -0.293 e. The molecule has 2 aromatic heterocycles. The summed E-state index contributed by atoms with van der Waals surface area (Å²) in [5.41, 5.74) is 1.54. The molecule has 4 nitrogen and oxygen atoms in total. The standard InChI is InChI=1S/C22H15Cl2FN2O2S2/c1-11-12(2)31-20-19(11)21(29)27(15-7-8-16(23)17(24)9-15)22(26-20)30-10-18(28)13-3-5-14(25)6-4-13/h3-9H,10H2,1-2H3. The molecule has 0 saturated heterocycles. The molecule has 4 rings (SSSR count). The summed E-state index contributed by atoms with van der Waals surface area (Å²) in [7, 11) is 0. The Labute approximate surface area is 195 Å². The molecule has 0 unspecified atom stereocenters. The van der Waals surface area contributed by atoms with Crippen molar-refractivity contribution in [3.8, 4) is 5.69 Å². The Kier molecular flexibility index (Phi) is 6.21. The first kappa shape index (κ1) is 22.0. The van der Waals surface area contributed by atoms with E-state index in [0.717, 1.165) is 22.2 Å². The summed E-state index contributed by atoms with van der Waals surface area (Å²) in [6.45, 7) is 3.83. The van der Waals surface area contributed by atoms with Crippen LogP contribution >= 0.6 is 46.3 Å². The number of benzene rings is 2. The number of Topliss-reactive ketones (excluding diaryl/α,β-unsaturated/α-hetero) is 1. The van der Waals surface area contributed by atoms with E-state index in [2.05, 4.69) is 4.98 Å². The largest absolute Gasteiger partial charge is 0.293 e. The lowest BCUT2D eigenvalue weighted by Gasteiger charge is -2.13. The summed E-state index contributed by atoms with van der Waals surface area (Å²) in [5.74, 6) is -0.569. The third-order valence-corrected chi connectivity index (χ3v) is 7.61. The minimum absolute atomic E-state index is 0.0360. The van der Waals surface area contributed by atoms with E-state index in [0.29, 0.717) is 36.7 Å². The number of thiophene rings is 1. The topological polar surface area (TPSA) is 52.0 Å². The first-order valence-electron chi connectivity index (χ1n) is 9.16. The number of carbonyl (C=O) groups excluding carboxylic acids is 1. The van der Waals surface area contributed by atoms with Crippen molar-refractivity contribution in [2.45, 2.75) is 19.0 Å². The highest BCUT2D eigenvalue weighted by atomic mass is 35.5. The van der Waals surface area contributed by atoms with Gasteiger partial charge in [0, 0.05) is 10.4 Å². The van der Waals surface area contributed by atoms with Gasteiger partial charge in [-0.15, -0.1) is 11.3 Å². The molecule has 158 valence electrons. The fourth-order valence-corrected chi connectivity index (χ4v) is 5.34. The van der Waals surface area contributed by atoms with Crippen LogP contribution in [0.5, 0.6) is 0 Å². The maximum atomic E-state index is 13.4. The summed E-state index contributed by atoms with van der Waals surface area (Å²) < 4.78 is 14.6. The smallest absolute Gasteiger partial charge is 0.267 e. The number of aryl methyl sites for hydroxylation is 2. The Hall–Kier alpha value is -2.19. The van der Waals surface area contributed by atoms with Crippen molar-refractivity contribution in [3.63, 3.8) is 0 Å². The normalized spacial score (nSPS) is 11.3. The van der Waals surface area contributed by atoms with Crippen LogP contribution in [0.3, 0.4) is 0 Å². The molecule has 0 aliphatic carbocycles.